The highest BCUT2D eigenvalue weighted by Crippen LogP contribution is 1.97. The Morgan fingerprint density at radius 2 is 1.94 bits per heavy atom. The molecule has 0 bridgehead atoms. The second-order valence-corrected chi connectivity index (χ2v) is 3.72. The van der Waals surface area contributed by atoms with Crippen LogP contribution in [0.2, 0.25) is 0 Å². The molecule has 0 saturated carbocycles. The summed E-state index contributed by atoms with van der Waals surface area (Å²) in [5.41, 5.74) is 1.11. The molecule has 0 atom stereocenters. The Hall–Kier alpha value is -1.88. The zero-order valence-corrected chi connectivity index (χ0v) is 10.7. The van der Waals surface area contributed by atoms with E-state index in [2.05, 4.69) is 11.9 Å². The topological polar surface area (TPSA) is 47.6 Å². The minimum atomic E-state index is -0.471. The molecule has 1 aromatic rings. The van der Waals surface area contributed by atoms with Gasteiger partial charge in [0.25, 0.3) is 5.17 Å². The van der Waals surface area contributed by atoms with E-state index in [9.17, 15) is 4.79 Å². The highest BCUT2D eigenvalue weighted by atomic mass is 32.1. The first-order valence-electron chi connectivity index (χ1n) is 5.46. The lowest BCUT2D eigenvalue weighted by Gasteiger charge is -2.09. The molecule has 0 aliphatic carbocycles. The normalized spacial score (nSPS) is 9.33. The summed E-state index contributed by atoms with van der Waals surface area (Å²) >= 11 is 4.97. The first kappa shape index (κ1) is 14.2. The Bertz CT molecular complexity index is 406. The Morgan fingerprint density at radius 1 is 1.28 bits per heavy atom. The van der Waals surface area contributed by atoms with E-state index in [1.807, 2.05) is 30.3 Å². The average Bonchev–Trinajstić information content (AvgIpc) is 2.42. The Kier molecular flexibility index (Phi) is 6.50. The Labute approximate surface area is 112 Å². The van der Waals surface area contributed by atoms with Crippen LogP contribution in [0.15, 0.2) is 43.0 Å². The van der Waals surface area contributed by atoms with Gasteiger partial charge in [-0.25, -0.2) is 4.79 Å². The summed E-state index contributed by atoms with van der Waals surface area (Å²) in [6, 6.07) is 9.83. The maximum absolute atomic E-state index is 10.7. The van der Waals surface area contributed by atoms with Crippen molar-refractivity contribution in [3.8, 4) is 0 Å². The number of nitrogens with one attached hydrogen (secondary N) is 1. The van der Waals surface area contributed by atoms with Gasteiger partial charge in [0.2, 0.25) is 0 Å². The Morgan fingerprint density at radius 3 is 2.61 bits per heavy atom. The maximum atomic E-state index is 10.7. The van der Waals surface area contributed by atoms with Gasteiger partial charge in [-0.15, -0.1) is 0 Å². The SMILES string of the molecule is C=CC(=O)OCCOC(=S)NCc1ccccc1. The average molecular weight is 265 g/mol. The molecule has 0 radical (unpaired) electrons. The van der Waals surface area contributed by atoms with Crippen molar-refractivity contribution in [1.82, 2.24) is 5.32 Å². The molecule has 0 aliphatic rings. The third-order valence-electron chi connectivity index (χ3n) is 2.01. The highest BCUT2D eigenvalue weighted by molar-refractivity contribution is 7.80. The number of hydrogen-bond donors (Lipinski definition) is 1. The van der Waals surface area contributed by atoms with Crippen LogP contribution in [0.5, 0.6) is 0 Å². The first-order chi connectivity index (χ1) is 8.72. The smallest absolute Gasteiger partial charge is 0.330 e. The number of ether oxygens (including phenoxy) is 2. The lowest BCUT2D eigenvalue weighted by Crippen LogP contribution is -2.25. The van der Waals surface area contributed by atoms with Crippen LogP contribution in [-0.4, -0.2) is 24.4 Å². The minimum Gasteiger partial charge on any atom is -0.467 e. The summed E-state index contributed by atoms with van der Waals surface area (Å²) in [6.45, 7) is 4.26. The fraction of sp³-hybridized carbons (Fsp3) is 0.231. The third kappa shape index (κ3) is 6.00. The minimum absolute atomic E-state index is 0.151. The molecule has 0 saturated heterocycles. The van der Waals surface area contributed by atoms with Crippen molar-refractivity contribution in [1.29, 1.82) is 0 Å². The molecule has 1 rings (SSSR count). The zero-order chi connectivity index (χ0) is 13.2. The maximum Gasteiger partial charge on any atom is 0.330 e. The molecule has 96 valence electrons. The van der Waals surface area contributed by atoms with E-state index < -0.39 is 5.97 Å². The van der Waals surface area contributed by atoms with E-state index in [4.69, 9.17) is 21.7 Å². The second kappa shape index (κ2) is 8.25. The summed E-state index contributed by atoms with van der Waals surface area (Å²) in [4.78, 5) is 10.7. The fourth-order valence-corrected chi connectivity index (χ4v) is 1.31. The number of carbonyl (C=O) groups is 1. The molecule has 18 heavy (non-hydrogen) atoms. The quantitative estimate of drug-likeness (QED) is 0.368. The molecule has 0 amide bonds. The molecule has 5 heteroatoms. The van der Waals surface area contributed by atoms with Crippen LogP contribution in [0.1, 0.15) is 5.56 Å². The summed E-state index contributed by atoms with van der Waals surface area (Å²) in [6.07, 6.45) is 1.10. The van der Waals surface area contributed by atoms with Gasteiger partial charge in [-0.05, 0) is 17.8 Å². The van der Waals surface area contributed by atoms with Gasteiger partial charge in [0.15, 0.2) is 0 Å². The van der Waals surface area contributed by atoms with Crippen LogP contribution >= 0.6 is 12.2 Å². The van der Waals surface area contributed by atoms with Crippen molar-refractivity contribution in [3.05, 3.63) is 48.6 Å². The Balaban J connectivity index is 2.11. The summed E-state index contributed by atoms with van der Waals surface area (Å²) < 4.78 is 9.90. The van der Waals surface area contributed by atoms with Gasteiger partial charge in [-0.1, -0.05) is 36.9 Å². The van der Waals surface area contributed by atoms with Gasteiger partial charge in [0, 0.05) is 12.6 Å². The molecule has 0 fully saturated rings. The van der Waals surface area contributed by atoms with E-state index in [1.54, 1.807) is 0 Å². The number of rotatable bonds is 6. The lowest BCUT2D eigenvalue weighted by atomic mass is 10.2. The number of thiocarbonyl (C=S) groups is 1. The zero-order valence-electron chi connectivity index (χ0n) is 9.93. The third-order valence-corrected chi connectivity index (χ3v) is 2.27. The van der Waals surface area contributed by atoms with Crippen LogP contribution in [0, 0.1) is 0 Å². The molecule has 0 aromatic heterocycles. The predicted molar refractivity (Wildman–Crippen MR) is 73.0 cm³/mol. The van der Waals surface area contributed by atoms with E-state index >= 15 is 0 Å². The summed E-state index contributed by atoms with van der Waals surface area (Å²) in [7, 11) is 0. The van der Waals surface area contributed by atoms with Crippen LogP contribution in [-0.2, 0) is 20.8 Å². The van der Waals surface area contributed by atoms with Gasteiger partial charge >= 0.3 is 5.97 Å². The lowest BCUT2D eigenvalue weighted by molar-refractivity contribution is -0.138. The molecule has 0 heterocycles. The van der Waals surface area contributed by atoms with E-state index in [1.165, 1.54) is 0 Å². The summed E-state index contributed by atoms with van der Waals surface area (Å²) in [5, 5.41) is 3.24. The number of hydrogen-bond acceptors (Lipinski definition) is 4. The molecule has 4 nitrogen and oxygen atoms in total. The van der Waals surface area contributed by atoms with E-state index in [-0.39, 0.29) is 18.4 Å². The highest BCUT2D eigenvalue weighted by Gasteiger charge is 1.99. The van der Waals surface area contributed by atoms with Crippen LogP contribution in [0.3, 0.4) is 0 Å². The predicted octanol–water partition coefficient (Wildman–Crippen LogP) is 1.81. The fourth-order valence-electron chi connectivity index (χ4n) is 1.16. The van der Waals surface area contributed by atoms with Crippen LogP contribution < -0.4 is 5.32 Å². The van der Waals surface area contributed by atoms with E-state index in [0.717, 1.165) is 11.6 Å². The van der Waals surface area contributed by atoms with Crippen molar-refractivity contribution >= 4 is 23.4 Å². The molecular weight excluding hydrogens is 250 g/mol. The molecule has 0 spiro atoms. The second-order valence-electron chi connectivity index (χ2n) is 3.35. The van der Waals surface area contributed by atoms with Crippen molar-refractivity contribution in [2.45, 2.75) is 6.54 Å². The molecule has 1 aromatic carbocycles. The number of carbonyl (C=O) groups excluding carboxylic acids is 1. The van der Waals surface area contributed by atoms with Gasteiger partial charge in [-0.2, -0.15) is 0 Å². The van der Waals surface area contributed by atoms with Gasteiger partial charge in [0.05, 0.1) is 0 Å². The van der Waals surface area contributed by atoms with Crippen LogP contribution in [0.25, 0.3) is 0 Å². The van der Waals surface area contributed by atoms with Crippen molar-refractivity contribution in [2.75, 3.05) is 13.2 Å². The molecule has 0 unspecified atom stereocenters. The molecular formula is C13H15NO3S. The summed E-state index contributed by atoms with van der Waals surface area (Å²) in [5.74, 6) is -0.471. The molecule has 0 aliphatic heterocycles. The van der Waals surface area contributed by atoms with E-state index in [0.29, 0.717) is 6.54 Å². The molecule has 1 N–H and O–H groups in total. The van der Waals surface area contributed by atoms with Gasteiger partial charge in [0.1, 0.15) is 13.2 Å². The monoisotopic (exact) mass is 265 g/mol. The van der Waals surface area contributed by atoms with Crippen molar-refractivity contribution in [3.63, 3.8) is 0 Å². The number of benzene rings is 1. The standard InChI is InChI=1S/C13H15NO3S/c1-2-12(15)16-8-9-17-13(18)14-10-11-6-4-3-5-7-11/h2-7H,1,8-10H2,(H,14,18). The van der Waals surface area contributed by atoms with Crippen molar-refractivity contribution in [2.24, 2.45) is 0 Å². The van der Waals surface area contributed by atoms with Gasteiger partial charge < -0.3 is 14.8 Å². The largest absolute Gasteiger partial charge is 0.467 e. The van der Waals surface area contributed by atoms with Crippen LogP contribution in [0.4, 0.5) is 0 Å². The van der Waals surface area contributed by atoms with Crippen molar-refractivity contribution < 1.29 is 14.3 Å². The van der Waals surface area contributed by atoms with Gasteiger partial charge in [-0.3, -0.25) is 0 Å². The number of esters is 1. The first-order valence-corrected chi connectivity index (χ1v) is 5.87.